The fourth-order valence-electron chi connectivity index (χ4n) is 3.57. The highest BCUT2D eigenvalue weighted by atomic mass is 16.1. The van der Waals surface area contributed by atoms with Crippen molar-refractivity contribution < 1.29 is 4.79 Å². The number of aldehydes is 1. The molecule has 18 heavy (non-hydrogen) atoms. The molecule has 2 atom stereocenters. The highest BCUT2D eigenvalue weighted by Gasteiger charge is 2.28. The second kappa shape index (κ2) is 6.17. The summed E-state index contributed by atoms with van der Waals surface area (Å²) < 4.78 is 0. The Kier molecular flexibility index (Phi) is 4.57. The zero-order valence-corrected chi connectivity index (χ0v) is 11.6. The quantitative estimate of drug-likeness (QED) is 0.699. The van der Waals surface area contributed by atoms with E-state index in [1.54, 1.807) is 0 Å². The molecule has 0 bridgehead atoms. The van der Waals surface area contributed by atoms with Gasteiger partial charge in [0, 0.05) is 5.56 Å². The summed E-state index contributed by atoms with van der Waals surface area (Å²) >= 11 is 0. The van der Waals surface area contributed by atoms with Gasteiger partial charge in [-0.3, -0.25) is 4.79 Å². The minimum absolute atomic E-state index is 0.611. The van der Waals surface area contributed by atoms with E-state index in [4.69, 9.17) is 0 Å². The van der Waals surface area contributed by atoms with E-state index in [0.29, 0.717) is 5.92 Å². The smallest absolute Gasteiger partial charge is 0.150 e. The van der Waals surface area contributed by atoms with E-state index >= 15 is 0 Å². The monoisotopic (exact) mass is 244 g/mol. The highest BCUT2D eigenvalue weighted by molar-refractivity contribution is 5.78. The maximum Gasteiger partial charge on any atom is 0.150 e. The number of carbonyl (C=O) groups is 1. The molecule has 1 aromatic rings. The molecule has 1 heteroatoms. The van der Waals surface area contributed by atoms with Gasteiger partial charge in [0.15, 0.2) is 0 Å². The first kappa shape index (κ1) is 13.3. The lowest BCUT2D eigenvalue weighted by molar-refractivity contribution is 0.112. The second-order valence-corrected chi connectivity index (χ2v) is 5.45. The summed E-state index contributed by atoms with van der Waals surface area (Å²) in [6, 6.07) is 6.21. The summed E-state index contributed by atoms with van der Waals surface area (Å²) in [5.41, 5.74) is 3.67. The van der Waals surface area contributed by atoms with Crippen LogP contribution in [0.4, 0.5) is 0 Å². The van der Waals surface area contributed by atoms with Crippen LogP contribution in [-0.2, 0) is 6.42 Å². The molecule has 0 saturated heterocycles. The first-order valence-corrected chi connectivity index (χ1v) is 7.38. The lowest BCUT2D eigenvalue weighted by atomic mass is 9.71. The summed E-state index contributed by atoms with van der Waals surface area (Å²) in [5, 5.41) is 0. The van der Waals surface area contributed by atoms with E-state index in [-0.39, 0.29) is 0 Å². The Labute approximate surface area is 111 Å². The van der Waals surface area contributed by atoms with Crippen LogP contribution in [0.25, 0.3) is 0 Å². The number of hydrogen-bond donors (Lipinski definition) is 0. The molecule has 2 rings (SSSR count). The largest absolute Gasteiger partial charge is 0.298 e. The molecule has 98 valence electrons. The fourth-order valence-corrected chi connectivity index (χ4v) is 3.57. The van der Waals surface area contributed by atoms with Gasteiger partial charge in [0.1, 0.15) is 6.29 Å². The highest BCUT2D eigenvalue weighted by Crippen LogP contribution is 2.41. The van der Waals surface area contributed by atoms with Crippen molar-refractivity contribution in [3.63, 3.8) is 0 Å². The van der Waals surface area contributed by atoms with Gasteiger partial charge in [-0.15, -0.1) is 0 Å². The molecule has 1 saturated carbocycles. The van der Waals surface area contributed by atoms with Crippen LogP contribution in [0, 0.1) is 5.92 Å². The Morgan fingerprint density at radius 3 is 2.67 bits per heavy atom. The number of rotatable bonds is 4. The van der Waals surface area contributed by atoms with Gasteiger partial charge < -0.3 is 0 Å². The minimum Gasteiger partial charge on any atom is -0.298 e. The topological polar surface area (TPSA) is 17.1 Å². The molecule has 1 aromatic carbocycles. The van der Waals surface area contributed by atoms with Gasteiger partial charge in [-0.25, -0.2) is 0 Å². The third-order valence-corrected chi connectivity index (χ3v) is 4.54. The van der Waals surface area contributed by atoms with Crippen LogP contribution in [0.2, 0.25) is 0 Å². The second-order valence-electron chi connectivity index (χ2n) is 5.45. The van der Waals surface area contributed by atoms with E-state index in [2.05, 4.69) is 19.9 Å². The number of benzene rings is 1. The molecule has 0 N–H and O–H groups in total. The summed E-state index contributed by atoms with van der Waals surface area (Å²) in [7, 11) is 0. The van der Waals surface area contributed by atoms with E-state index in [9.17, 15) is 4.79 Å². The molecule has 0 spiro atoms. The molecule has 1 aliphatic carbocycles. The Morgan fingerprint density at radius 2 is 2.00 bits per heavy atom. The predicted molar refractivity (Wildman–Crippen MR) is 76.2 cm³/mol. The fraction of sp³-hybridized carbons (Fsp3) is 0.588. The molecule has 1 nitrogen and oxygen atoms in total. The SMILES string of the molecule is CCc1cccc(C=O)c1C1CCCCC1CC. The molecule has 0 aromatic heterocycles. The van der Waals surface area contributed by atoms with E-state index < -0.39 is 0 Å². The van der Waals surface area contributed by atoms with Crippen molar-refractivity contribution in [1.82, 2.24) is 0 Å². The van der Waals surface area contributed by atoms with Crippen molar-refractivity contribution >= 4 is 6.29 Å². The van der Waals surface area contributed by atoms with Crippen LogP contribution in [-0.4, -0.2) is 6.29 Å². The summed E-state index contributed by atoms with van der Waals surface area (Å²) in [6.45, 7) is 4.48. The van der Waals surface area contributed by atoms with E-state index in [0.717, 1.165) is 24.2 Å². The van der Waals surface area contributed by atoms with Crippen LogP contribution in [0.1, 0.15) is 73.4 Å². The zero-order valence-electron chi connectivity index (χ0n) is 11.6. The normalized spacial score (nSPS) is 23.9. The lowest BCUT2D eigenvalue weighted by Gasteiger charge is -2.33. The number of carbonyl (C=O) groups excluding carboxylic acids is 1. The van der Waals surface area contributed by atoms with E-state index in [1.165, 1.54) is 43.2 Å². The Morgan fingerprint density at radius 1 is 1.22 bits per heavy atom. The first-order chi connectivity index (χ1) is 8.81. The van der Waals surface area contributed by atoms with Crippen molar-refractivity contribution in [1.29, 1.82) is 0 Å². The van der Waals surface area contributed by atoms with Crippen molar-refractivity contribution in [2.75, 3.05) is 0 Å². The molecule has 2 unspecified atom stereocenters. The maximum absolute atomic E-state index is 11.3. The van der Waals surface area contributed by atoms with Gasteiger partial charge in [0.2, 0.25) is 0 Å². The van der Waals surface area contributed by atoms with Crippen LogP contribution < -0.4 is 0 Å². The van der Waals surface area contributed by atoms with Gasteiger partial charge >= 0.3 is 0 Å². The van der Waals surface area contributed by atoms with Crippen LogP contribution in [0.15, 0.2) is 18.2 Å². The molecular weight excluding hydrogens is 220 g/mol. The lowest BCUT2D eigenvalue weighted by Crippen LogP contribution is -2.20. The predicted octanol–water partition coefficient (Wildman–Crippen LogP) is 4.75. The van der Waals surface area contributed by atoms with Gasteiger partial charge in [-0.05, 0) is 42.2 Å². The van der Waals surface area contributed by atoms with Crippen LogP contribution >= 0.6 is 0 Å². The molecule has 1 aliphatic rings. The zero-order chi connectivity index (χ0) is 13.0. The molecule has 0 heterocycles. The van der Waals surface area contributed by atoms with Crippen molar-refractivity contribution in [3.8, 4) is 0 Å². The number of hydrogen-bond acceptors (Lipinski definition) is 1. The maximum atomic E-state index is 11.3. The number of aryl methyl sites for hydroxylation is 1. The summed E-state index contributed by atoms with van der Waals surface area (Å²) in [5.74, 6) is 1.38. The van der Waals surface area contributed by atoms with Gasteiger partial charge in [0.05, 0.1) is 0 Å². The third-order valence-electron chi connectivity index (χ3n) is 4.54. The van der Waals surface area contributed by atoms with Crippen molar-refractivity contribution in [2.45, 2.75) is 58.3 Å². The summed E-state index contributed by atoms with van der Waals surface area (Å²) in [6.07, 6.45) is 8.59. The molecular formula is C17H24O. The molecule has 0 amide bonds. The van der Waals surface area contributed by atoms with E-state index in [1.807, 2.05) is 12.1 Å². The Bertz CT molecular complexity index is 408. The van der Waals surface area contributed by atoms with Gasteiger partial charge in [0.25, 0.3) is 0 Å². The van der Waals surface area contributed by atoms with Crippen molar-refractivity contribution in [2.24, 2.45) is 5.92 Å². The van der Waals surface area contributed by atoms with Gasteiger partial charge in [-0.1, -0.05) is 51.3 Å². The average molecular weight is 244 g/mol. The molecule has 0 radical (unpaired) electrons. The summed E-state index contributed by atoms with van der Waals surface area (Å²) in [4.78, 5) is 11.3. The Balaban J connectivity index is 2.43. The third kappa shape index (κ3) is 2.50. The standard InChI is InChI=1S/C17H24O/c1-3-13-8-5-6-11-16(13)17-14(4-2)9-7-10-15(17)12-18/h7,9-10,12-13,16H,3-6,8,11H2,1-2H3. The van der Waals surface area contributed by atoms with Crippen LogP contribution in [0.3, 0.4) is 0 Å². The average Bonchev–Trinajstić information content (AvgIpc) is 2.46. The molecule has 0 aliphatic heterocycles. The Hall–Kier alpha value is -1.11. The van der Waals surface area contributed by atoms with Gasteiger partial charge in [-0.2, -0.15) is 0 Å². The molecule has 1 fully saturated rings. The van der Waals surface area contributed by atoms with Crippen LogP contribution in [0.5, 0.6) is 0 Å². The van der Waals surface area contributed by atoms with Crippen molar-refractivity contribution in [3.05, 3.63) is 34.9 Å². The first-order valence-electron chi connectivity index (χ1n) is 7.38. The minimum atomic E-state index is 0.611.